The average Bonchev–Trinajstić information content (AvgIpc) is 2.89. The molecule has 0 spiro atoms. The summed E-state index contributed by atoms with van der Waals surface area (Å²) in [5.41, 5.74) is 0. The molecule has 3 amide bonds. The molecule has 0 aromatic rings. The average molecular weight is 427 g/mol. The van der Waals surface area contributed by atoms with Gasteiger partial charge in [-0.1, -0.05) is 18.6 Å². The van der Waals surface area contributed by atoms with E-state index in [2.05, 4.69) is 5.32 Å². The third kappa shape index (κ3) is 6.57. The van der Waals surface area contributed by atoms with Crippen molar-refractivity contribution in [3.63, 3.8) is 0 Å². The molecule has 1 aliphatic carbocycles. The highest BCUT2D eigenvalue weighted by Crippen LogP contribution is 2.31. The van der Waals surface area contributed by atoms with Crippen LogP contribution in [0.15, 0.2) is 0 Å². The molecule has 1 unspecified atom stereocenters. The molecule has 8 nitrogen and oxygen atoms in total. The summed E-state index contributed by atoms with van der Waals surface area (Å²) in [6.45, 7) is 0.702. The van der Waals surface area contributed by atoms with Gasteiger partial charge in [0.15, 0.2) is 0 Å². The molecule has 3 N–H and O–H groups in total. The fourth-order valence-electron chi connectivity index (χ4n) is 4.04. The van der Waals surface area contributed by atoms with Crippen LogP contribution in [0.25, 0.3) is 0 Å². The van der Waals surface area contributed by atoms with Crippen LogP contribution in [0.1, 0.15) is 57.8 Å². The molecule has 1 saturated carbocycles. The Morgan fingerprint density at radius 1 is 1.10 bits per heavy atom. The smallest absolute Gasteiger partial charge is 0.303 e. The molecule has 1 aliphatic heterocycles. The fourth-order valence-corrected chi connectivity index (χ4v) is 4.37. The number of hydrogen-bond donors (Lipinski definition) is 3. The number of amides is 3. The highest BCUT2D eigenvalue weighted by Gasteiger charge is 2.44. The van der Waals surface area contributed by atoms with E-state index in [1.165, 1.54) is 4.90 Å². The summed E-state index contributed by atoms with van der Waals surface area (Å²) in [5.74, 6) is -2.06. The minimum Gasteiger partial charge on any atom is -0.481 e. The number of unbranched alkanes of at least 4 members (excludes halogenated alkanes) is 2. The van der Waals surface area contributed by atoms with Gasteiger partial charge in [-0.2, -0.15) is 0 Å². The summed E-state index contributed by atoms with van der Waals surface area (Å²) in [6.07, 6.45) is 5.48. The normalized spacial score (nSPS) is 24.8. The van der Waals surface area contributed by atoms with Gasteiger partial charge in [0.25, 0.3) is 5.91 Å². The quantitative estimate of drug-likeness (QED) is 0.258. The number of nitrogens with one attached hydrogen (secondary N) is 1. The van der Waals surface area contributed by atoms with Gasteiger partial charge in [0.1, 0.15) is 0 Å². The summed E-state index contributed by atoms with van der Waals surface area (Å²) in [5, 5.41) is 20.6. The van der Waals surface area contributed by atoms with Crippen molar-refractivity contribution in [1.29, 1.82) is 0 Å². The Balaban J connectivity index is 1.69. The van der Waals surface area contributed by atoms with Gasteiger partial charge in [0.05, 0.1) is 10.8 Å². The molecule has 0 aromatic heterocycles. The van der Waals surface area contributed by atoms with Crippen LogP contribution in [0.3, 0.4) is 0 Å². The molecule has 1 saturated heterocycles. The van der Waals surface area contributed by atoms with Crippen molar-refractivity contribution in [3.8, 4) is 0 Å². The molecule has 0 bridgehead atoms. The Bertz CT molecular complexity index is 645. The van der Waals surface area contributed by atoms with Gasteiger partial charge in [0, 0.05) is 32.0 Å². The second-order valence-electron chi connectivity index (χ2n) is 7.90. The number of rotatable bonds is 11. The van der Waals surface area contributed by atoms with E-state index >= 15 is 0 Å². The molecule has 1 atom stereocenters. The molecule has 2 rings (SSSR count). The second-order valence-corrected chi connectivity index (χ2v) is 8.34. The molecule has 162 valence electrons. The molecule has 29 heavy (non-hydrogen) atoms. The van der Waals surface area contributed by atoms with Crippen LogP contribution in [0, 0.1) is 17.8 Å². The summed E-state index contributed by atoms with van der Waals surface area (Å²) in [7, 11) is 0. The Hall–Kier alpha value is -1.87. The van der Waals surface area contributed by atoms with E-state index in [9.17, 15) is 19.2 Å². The molecule has 9 heteroatoms. The SMILES string of the molecule is O=C(O)CCCCCNC(=O)C1CCC(CN2C(=O)C(=S)C(CCO)C2=O)CC1. The van der Waals surface area contributed by atoms with E-state index in [0.29, 0.717) is 19.5 Å². The number of aliphatic carboxylic acids is 1. The van der Waals surface area contributed by atoms with Crippen molar-refractivity contribution >= 4 is 40.8 Å². The van der Waals surface area contributed by atoms with E-state index in [1.807, 2.05) is 0 Å². The van der Waals surface area contributed by atoms with Crippen molar-refractivity contribution in [2.75, 3.05) is 19.7 Å². The predicted octanol–water partition coefficient (Wildman–Crippen LogP) is 1.29. The van der Waals surface area contributed by atoms with Crippen molar-refractivity contribution in [1.82, 2.24) is 10.2 Å². The van der Waals surface area contributed by atoms with E-state index in [0.717, 1.165) is 38.5 Å². The lowest BCUT2D eigenvalue weighted by atomic mass is 9.81. The molecular formula is C20H30N2O6S. The van der Waals surface area contributed by atoms with Gasteiger partial charge in [-0.05, 0) is 50.9 Å². The zero-order valence-electron chi connectivity index (χ0n) is 16.6. The zero-order valence-corrected chi connectivity index (χ0v) is 17.4. The number of carboxylic acid groups (broad SMARTS) is 1. The lowest BCUT2D eigenvalue weighted by Gasteiger charge is -2.30. The highest BCUT2D eigenvalue weighted by molar-refractivity contribution is 7.82. The van der Waals surface area contributed by atoms with Gasteiger partial charge < -0.3 is 15.5 Å². The summed E-state index contributed by atoms with van der Waals surface area (Å²) >= 11 is 5.08. The van der Waals surface area contributed by atoms with E-state index in [4.69, 9.17) is 22.4 Å². The third-order valence-corrected chi connectivity index (χ3v) is 6.24. The highest BCUT2D eigenvalue weighted by atomic mass is 32.1. The first-order valence-electron chi connectivity index (χ1n) is 10.3. The van der Waals surface area contributed by atoms with Crippen molar-refractivity contribution in [2.45, 2.75) is 57.8 Å². The van der Waals surface area contributed by atoms with E-state index < -0.39 is 17.8 Å². The van der Waals surface area contributed by atoms with Crippen LogP contribution < -0.4 is 5.32 Å². The molecule has 0 aromatic carbocycles. The Morgan fingerprint density at radius 2 is 1.79 bits per heavy atom. The second kappa shape index (κ2) is 11.3. The number of aliphatic hydroxyl groups is 1. The zero-order chi connectivity index (χ0) is 21.4. The number of carbonyl (C=O) groups excluding carboxylic acids is 3. The van der Waals surface area contributed by atoms with Crippen LogP contribution >= 0.6 is 12.2 Å². The number of hydrogen-bond acceptors (Lipinski definition) is 6. The van der Waals surface area contributed by atoms with E-state index in [1.54, 1.807) is 0 Å². The first-order valence-corrected chi connectivity index (χ1v) is 10.8. The van der Waals surface area contributed by atoms with Crippen LogP contribution in [-0.2, 0) is 19.2 Å². The minimum absolute atomic E-state index is 0.0270. The van der Waals surface area contributed by atoms with Crippen molar-refractivity contribution < 1.29 is 29.4 Å². The standard InChI is InChI=1S/C20H30N2O6S/c23-11-9-15-17(29)20(28)22(19(15)27)12-13-5-7-14(8-6-13)18(26)21-10-3-1-2-4-16(24)25/h13-15,23H,1-12H2,(H,21,26)(H,24,25). The number of imide groups is 1. The predicted molar refractivity (Wildman–Crippen MR) is 109 cm³/mol. The summed E-state index contributed by atoms with van der Waals surface area (Å²) in [4.78, 5) is 48.7. The maximum atomic E-state index is 12.4. The van der Waals surface area contributed by atoms with Crippen molar-refractivity contribution in [2.24, 2.45) is 17.8 Å². The molecule has 0 radical (unpaired) electrons. The lowest BCUT2D eigenvalue weighted by Crippen LogP contribution is -2.39. The van der Waals surface area contributed by atoms with Crippen LogP contribution in [0.4, 0.5) is 0 Å². The fraction of sp³-hybridized carbons (Fsp3) is 0.750. The summed E-state index contributed by atoms with van der Waals surface area (Å²) in [6, 6.07) is 0. The number of carbonyl (C=O) groups is 4. The topological polar surface area (TPSA) is 124 Å². The number of thiocarbonyl (C=S) groups is 1. The van der Waals surface area contributed by atoms with Gasteiger partial charge in [-0.25, -0.2) is 0 Å². The van der Waals surface area contributed by atoms with Crippen molar-refractivity contribution in [3.05, 3.63) is 0 Å². The summed E-state index contributed by atoms with van der Waals surface area (Å²) < 4.78 is 0. The van der Waals surface area contributed by atoms with Gasteiger partial charge in [0.2, 0.25) is 11.8 Å². The molecule has 2 aliphatic rings. The van der Waals surface area contributed by atoms with Crippen LogP contribution in [-0.4, -0.2) is 63.4 Å². The Kier molecular flexibility index (Phi) is 9.16. The van der Waals surface area contributed by atoms with Gasteiger partial charge in [-0.15, -0.1) is 0 Å². The number of carboxylic acids is 1. The van der Waals surface area contributed by atoms with E-state index in [-0.39, 0.29) is 48.0 Å². The number of likely N-dealkylation sites (tertiary alicyclic amines) is 1. The van der Waals surface area contributed by atoms with Gasteiger partial charge in [-0.3, -0.25) is 24.1 Å². The largest absolute Gasteiger partial charge is 0.481 e. The van der Waals surface area contributed by atoms with Gasteiger partial charge >= 0.3 is 5.97 Å². The molecule has 2 fully saturated rings. The first-order chi connectivity index (χ1) is 13.8. The monoisotopic (exact) mass is 426 g/mol. The third-order valence-electron chi connectivity index (χ3n) is 5.78. The number of aliphatic hydroxyl groups excluding tert-OH is 1. The van der Waals surface area contributed by atoms with Crippen LogP contribution in [0.2, 0.25) is 0 Å². The first kappa shape index (κ1) is 23.4. The Labute approximate surface area is 176 Å². The molecule has 1 heterocycles. The Morgan fingerprint density at radius 3 is 2.41 bits per heavy atom. The lowest BCUT2D eigenvalue weighted by molar-refractivity contribution is -0.140. The number of nitrogens with zero attached hydrogens (tertiary/aromatic N) is 1. The maximum Gasteiger partial charge on any atom is 0.303 e. The maximum absolute atomic E-state index is 12.4. The minimum atomic E-state index is -0.797. The molecular weight excluding hydrogens is 396 g/mol. The van der Waals surface area contributed by atoms with Crippen LogP contribution in [0.5, 0.6) is 0 Å².